The number of carbonyl (C=O) groups is 1. The van der Waals surface area contributed by atoms with Crippen LogP contribution in [0.4, 0.5) is 0 Å². The van der Waals surface area contributed by atoms with Crippen molar-refractivity contribution in [2.45, 2.75) is 12.0 Å². The molecule has 1 aromatic carbocycles. The molecule has 1 atom stereocenters. The number of amides is 1. The first-order chi connectivity index (χ1) is 9.62. The third kappa shape index (κ3) is 2.86. The quantitative estimate of drug-likeness (QED) is 0.840. The predicted molar refractivity (Wildman–Crippen MR) is 72.2 cm³/mol. The molecular weight excluding hydrogens is 262 g/mol. The van der Waals surface area contributed by atoms with Crippen LogP contribution >= 0.6 is 0 Å². The highest BCUT2D eigenvalue weighted by Crippen LogP contribution is 2.29. The number of phenolic OH excluding ortho intramolecular Hbond substituents is 1. The van der Waals surface area contributed by atoms with Crippen LogP contribution in [0, 0.1) is 0 Å². The van der Waals surface area contributed by atoms with E-state index in [1.807, 2.05) is 0 Å². The van der Waals surface area contributed by atoms with E-state index in [9.17, 15) is 9.90 Å². The van der Waals surface area contributed by atoms with E-state index < -0.39 is 5.60 Å². The van der Waals surface area contributed by atoms with Crippen LogP contribution in [0.1, 0.15) is 16.8 Å². The van der Waals surface area contributed by atoms with Crippen LogP contribution in [0.3, 0.4) is 0 Å². The summed E-state index contributed by atoms with van der Waals surface area (Å²) in [6.45, 7) is 1.40. The highest BCUT2D eigenvalue weighted by molar-refractivity contribution is 5.97. The Hall–Kier alpha value is -1.79. The number of benzene rings is 1. The van der Waals surface area contributed by atoms with E-state index in [4.69, 9.17) is 14.2 Å². The van der Waals surface area contributed by atoms with Crippen molar-refractivity contribution in [1.82, 2.24) is 5.32 Å². The van der Waals surface area contributed by atoms with Gasteiger partial charge in [-0.15, -0.1) is 0 Å². The second-order valence-electron chi connectivity index (χ2n) is 4.73. The lowest BCUT2D eigenvalue weighted by molar-refractivity contribution is -0.0148. The van der Waals surface area contributed by atoms with E-state index >= 15 is 0 Å². The molecule has 1 fully saturated rings. The molecule has 1 unspecified atom stereocenters. The standard InChI is InChI=1S/C14H19NO5/c1-18-11-5-3-4-10(12(11)16)13(17)15-8-14(19-2)6-7-20-9-14/h3-5,16H,6-9H2,1-2H3,(H,15,17). The lowest BCUT2D eigenvalue weighted by Gasteiger charge is -2.25. The Morgan fingerprint density at radius 1 is 1.50 bits per heavy atom. The number of methoxy groups -OCH3 is 2. The van der Waals surface area contributed by atoms with Crippen LogP contribution in [-0.4, -0.2) is 50.6 Å². The SMILES string of the molecule is COc1cccc(C(=O)NCC2(OC)CCOC2)c1O. The van der Waals surface area contributed by atoms with Crippen LogP contribution < -0.4 is 10.1 Å². The van der Waals surface area contributed by atoms with Crippen molar-refractivity contribution in [1.29, 1.82) is 0 Å². The zero-order chi connectivity index (χ0) is 14.6. The molecule has 2 rings (SSSR count). The van der Waals surface area contributed by atoms with Crippen LogP contribution in [0.15, 0.2) is 18.2 Å². The molecule has 1 saturated heterocycles. The molecule has 0 bridgehead atoms. The van der Waals surface area contributed by atoms with Gasteiger partial charge in [-0.2, -0.15) is 0 Å². The summed E-state index contributed by atoms with van der Waals surface area (Å²) in [5.74, 6) is -0.269. The van der Waals surface area contributed by atoms with E-state index in [0.717, 1.165) is 6.42 Å². The fraction of sp³-hybridized carbons (Fsp3) is 0.500. The number of para-hydroxylation sites is 1. The zero-order valence-corrected chi connectivity index (χ0v) is 11.6. The monoisotopic (exact) mass is 281 g/mol. The van der Waals surface area contributed by atoms with E-state index in [0.29, 0.717) is 19.8 Å². The first kappa shape index (κ1) is 14.6. The molecule has 110 valence electrons. The Morgan fingerprint density at radius 3 is 2.90 bits per heavy atom. The molecule has 1 aliphatic rings. The molecular formula is C14H19NO5. The van der Waals surface area contributed by atoms with Crippen molar-refractivity contribution >= 4 is 5.91 Å². The molecule has 2 N–H and O–H groups in total. The predicted octanol–water partition coefficient (Wildman–Crippen LogP) is 0.936. The van der Waals surface area contributed by atoms with Crippen LogP contribution in [0.5, 0.6) is 11.5 Å². The van der Waals surface area contributed by atoms with Gasteiger partial charge in [0.1, 0.15) is 5.60 Å². The minimum atomic E-state index is -0.482. The van der Waals surface area contributed by atoms with Gasteiger partial charge < -0.3 is 24.6 Å². The van der Waals surface area contributed by atoms with Gasteiger partial charge in [0.25, 0.3) is 5.91 Å². The number of ether oxygens (including phenoxy) is 3. The molecule has 0 saturated carbocycles. The van der Waals surface area contributed by atoms with Crippen LogP contribution in [0.25, 0.3) is 0 Å². The molecule has 1 amide bonds. The van der Waals surface area contributed by atoms with Crippen molar-refractivity contribution < 1.29 is 24.1 Å². The molecule has 20 heavy (non-hydrogen) atoms. The number of aromatic hydroxyl groups is 1. The van der Waals surface area contributed by atoms with Crippen molar-refractivity contribution in [3.63, 3.8) is 0 Å². The van der Waals surface area contributed by atoms with E-state index in [1.54, 1.807) is 19.2 Å². The zero-order valence-electron chi connectivity index (χ0n) is 11.6. The molecule has 6 nitrogen and oxygen atoms in total. The first-order valence-corrected chi connectivity index (χ1v) is 6.39. The number of phenols is 1. The van der Waals surface area contributed by atoms with Gasteiger partial charge in [0, 0.05) is 26.7 Å². The Kier molecular flexibility index (Phi) is 4.46. The maximum absolute atomic E-state index is 12.1. The molecule has 6 heteroatoms. The molecule has 0 aliphatic carbocycles. The summed E-state index contributed by atoms with van der Waals surface area (Å²) in [5.41, 5.74) is -0.307. The third-order valence-corrected chi connectivity index (χ3v) is 3.53. The van der Waals surface area contributed by atoms with Gasteiger partial charge in [-0.3, -0.25) is 4.79 Å². The Morgan fingerprint density at radius 2 is 2.30 bits per heavy atom. The van der Waals surface area contributed by atoms with Gasteiger partial charge in [0.05, 0.1) is 19.3 Å². The average Bonchev–Trinajstić information content (AvgIpc) is 2.94. The Labute approximate surface area is 117 Å². The smallest absolute Gasteiger partial charge is 0.255 e. The van der Waals surface area contributed by atoms with Crippen molar-refractivity contribution in [2.75, 3.05) is 34.0 Å². The summed E-state index contributed by atoms with van der Waals surface area (Å²) in [5, 5.41) is 12.7. The molecule has 1 heterocycles. The summed E-state index contributed by atoms with van der Waals surface area (Å²) < 4.78 is 15.7. The Bertz CT molecular complexity index is 482. The number of carbonyl (C=O) groups excluding carboxylic acids is 1. The molecule has 1 aliphatic heterocycles. The van der Waals surface area contributed by atoms with E-state index in [-0.39, 0.29) is 23.0 Å². The largest absolute Gasteiger partial charge is 0.504 e. The first-order valence-electron chi connectivity index (χ1n) is 6.39. The normalized spacial score (nSPS) is 21.7. The highest BCUT2D eigenvalue weighted by atomic mass is 16.5. The third-order valence-electron chi connectivity index (χ3n) is 3.53. The summed E-state index contributed by atoms with van der Waals surface area (Å²) in [6.07, 6.45) is 0.730. The van der Waals surface area contributed by atoms with Gasteiger partial charge >= 0.3 is 0 Å². The topological polar surface area (TPSA) is 77.0 Å². The molecule has 0 aromatic heterocycles. The molecule has 0 spiro atoms. The van der Waals surface area contributed by atoms with Gasteiger partial charge in [-0.25, -0.2) is 0 Å². The fourth-order valence-electron chi connectivity index (χ4n) is 2.17. The van der Waals surface area contributed by atoms with Crippen molar-refractivity contribution in [3.8, 4) is 11.5 Å². The molecule has 0 radical (unpaired) electrons. The fourth-order valence-corrected chi connectivity index (χ4v) is 2.17. The highest BCUT2D eigenvalue weighted by Gasteiger charge is 2.35. The second-order valence-corrected chi connectivity index (χ2v) is 4.73. The maximum atomic E-state index is 12.1. The van der Waals surface area contributed by atoms with E-state index in [2.05, 4.69) is 5.32 Å². The lowest BCUT2D eigenvalue weighted by Crippen LogP contribution is -2.45. The second kappa shape index (κ2) is 6.11. The summed E-state index contributed by atoms with van der Waals surface area (Å²) in [6, 6.07) is 4.78. The van der Waals surface area contributed by atoms with E-state index in [1.165, 1.54) is 13.2 Å². The summed E-state index contributed by atoms with van der Waals surface area (Å²) in [7, 11) is 3.04. The number of nitrogens with one attached hydrogen (secondary N) is 1. The van der Waals surface area contributed by atoms with Crippen LogP contribution in [-0.2, 0) is 9.47 Å². The number of hydrogen-bond donors (Lipinski definition) is 2. The minimum absolute atomic E-state index is 0.165. The lowest BCUT2D eigenvalue weighted by atomic mass is 10.0. The van der Waals surface area contributed by atoms with Crippen molar-refractivity contribution in [3.05, 3.63) is 23.8 Å². The van der Waals surface area contributed by atoms with Crippen molar-refractivity contribution in [2.24, 2.45) is 0 Å². The van der Waals surface area contributed by atoms with Gasteiger partial charge in [-0.1, -0.05) is 6.07 Å². The number of rotatable bonds is 5. The van der Waals surface area contributed by atoms with Crippen LogP contribution in [0.2, 0.25) is 0 Å². The number of hydrogen-bond acceptors (Lipinski definition) is 5. The molecule has 1 aromatic rings. The van der Waals surface area contributed by atoms with Gasteiger partial charge in [0.2, 0.25) is 0 Å². The van der Waals surface area contributed by atoms with Gasteiger partial charge in [0.15, 0.2) is 11.5 Å². The minimum Gasteiger partial charge on any atom is -0.504 e. The maximum Gasteiger partial charge on any atom is 0.255 e. The van der Waals surface area contributed by atoms with Gasteiger partial charge in [-0.05, 0) is 12.1 Å². The summed E-state index contributed by atoms with van der Waals surface area (Å²) >= 11 is 0. The average molecular weight is 281 g/mol. The Balaban J connectivity index is 2.05. The summed E-state index contributed by atoms with van der Waals surface area (Å²) in [4.78, 5) is 12.1.